The van der Waals surface area contributed by atoms with Gasteiger partial charge in [-0.15, -0.1) is 0 Å². The molecule has 0 bridgehead atoms. The highest BCUT2D eigenvalue weighted by atomic mass is 16.5. The van der Waals surface area contributed by atoms with E-state index in [1.165, 1.54) is 0 Å². The molecular formula is C24H32N6O4. The molecule has 0 spiro atoms. The lowest BCUT2D eigenvalue weighted by Gasteiger charge is -2.29. The van der Waals surface area contributed by atoms with Crippen LogP contribution in [0.5, 0.6) is 5.88 Å². The number of carbonyl (C=O) groups is 1. The Bertz CT molecular complexity index is 1030. The third-order valence-corrected chi connectivity index (χ3v) is 5.93. The van der Waals surface area contributed by atoms with E-state index in [1.807, 2.05) is 25.1 Å². The van der Waals surface area contributed by atoms with Crippen molar-refractivity contribution in [2.45, 2.75) is 6.92 Å². The number of primary amides is 1. The summed E-state index contributed by atoms with van der Waals surface area (Å²) >= 11 is 0. The van der Waals surface area contributed by atoms with Crippen molar-refractivity contribution in [3.63, 3.8) is 0 Å². The summed E-state index contributed by atoms with van der Waals surface area (Å²) in [6.07, 6.45) is 0. The van der Waals surface area contributed by atoms with Crippen LogP contribution in [0.4, 0.5) is 5.69 Å². The Labute approximate surface area is 199 Å². The molecule has 3 heterocycles. The minimum Gasteiger partial charge on any atom is -0.476 e. The van der Waals surface area contributed by atoms with Crippen molar-refractivity contribution in [2.75, 3.05) is 70.7 Å². The average Bonchev–Trinajstić information content (AvgIpc) is 2.85. The van der Waals surface area contributed by atoms with Crippen molar-refractivity contribution in [3.8, 4) is 5.88 Å². The third kappa shape index (κ3) is 6.02. The molecule has 4 rings (SSSR count). The van der Waals surface area contributed by atoms with Gasteiger partial charge in [0, 0.05) is 55.6 Å². The first-order chi connectivity index (χ1) is 16.5. The SMILES string of the molecule is Cc1cc(C(N)=O)cc(/C(=N/N)c2cc(N3CCOCC3)cc(OCCN3CCOCC3)n2)c1. The summed E-state index contributed by atoms with van der Waals surface area (Å²) in [6.45, 7) is 9.32. The number of hydrazone groups is 1. The maximum absolute atomic E-state index is 11.8. The molecule has 0 saturated carbocycles. The Morgan fingerprint density at radius 2 is 1.71 bits per heavy atom. The van der Waals surface area contributed by atoms with Gasteiger partial charge in [-0.3, -0.25) is 9.69 Å². The van der Waals surface area contributed by atoms with E-state index in [2.05, 4.69) is 14.9 Å². The summed E-state index contributed by atoms with van der Waals surface area (Å²) in [7, 11) is 0. The van der Waals surface area contributed by atoms with E-state index in [1.54, 1.807) is 12.1 Å². The Hall–Kier alpha value is -3.21. The van der Waals surface area contributed by atoms with Gasteiger partial charge in [0.25, 0.3) is 0 Å². The van der Waals surface area contributed by atoms with Crippen LogP contribution in [-0.2, 0) is 9.47 Å². The third-order valence-electron chi connectivity index (χ3n) is 5.93. The predicted octanol–water partition coefficient (Wildman–Crippen LogP) is 0.748. The number of pyridine rings is 1. The second kappa shape index (κ2) is 11.3. The largest absolute Gasteiger partial charge is 0.476 e. The number of carbonyl (C=O) groups excluding carboxylic acids is 1. The maximum Gasteiger partial charge on any atom is 0.248 e. The second-order valence-corrected chi connectivity index (χ2v) is 8.38. The van der Waals surface area contributed by atoms with Crippen LogP contribution >= 0.6 is 0 Å². The molecule has 0 unspecified atom stereocenters. The normalized spacial score (nSPS) is 17.6. The van der Waals surface area contributed by atoms with Gasteiger partial charge in [-0.1, -0.05) is 0 Å². The summed E-state index contributed by atoms with van der Waals surface area (Å²) in [5, 5.41) is 4.03. The summed E-state index contributed by atoms with van der Waals surface area (Å²) in [6, 6.07) is 9.20. The lowest BCUT2D eigenvalue weighted by atomic mass is 10.00. The van der Waals surface area contributed by atoms with Gasteiger partial charge in [-0.05, 0) is 36.8 Å². The number of aryl methyl sites for hydroxylation is 1. The predicted molar refractivity (Wildman–Crippen MR) is 130 cm³/mol. The number of rotatable bonds is 8. The van der Waals surface area contributed by atoms with Crippen molar-refractivity contribution < 1.29 is 19.0 Å². The molecule has 182 valence electrons. The van der Waals surface area contributed by atoms with Crippen molar-refractivity contribution in [1.29, 1.82) is 0 Å². The molecule has 1 aromatic heterocycles. The molecule has 10 nitrogen and oxygen atoms in total. The van der Waals surface area contributed by atoms with Crippen molar-refractivity contribution >= 4 is 17.3 Å². The van der Waals surface area contributed by atoms with Gasteiger partial charge in [-0.25, -0.2) is 4.98 Å². The molecule has 2 aliphatic heterocycles. The molecule has 0 atom stereocenters. The van der Waals surface area contributed by atoms with E-state index >= 15 is 0 Å². The molecule has 1 amide bonds. The van der Waals surface area contributed by atoms with E-state index in [0.29, 0.717) is 48.2 Å². The quantitative estimate of drug-likeness (QED) is 0.330. The number of benzene rings is 1. The average molecular weight is 469 g/mol. The highest BCUT2D eigenvalue weighted by Crippen LogP contribution is 2.25. The van der Waals surface area contributed by atoms with Crippen LogP contribution < -0.4 is 21.2 Å². The molecule has 2 saturated heterocycles. The fraction of sp³-hybridized carbons (Fsp3) is 0.458. The number of amides is 1. The topological polar surface area (TPSA) is 129 Å². The van der Waals surface area contributed by atoms with Crippen LogP contribution in [0.3, 0.4) is 0 Å². The molecule has 0 aliphatic carbocycles. The van der Waals surface area contributed by atoms with E-state index < -0.39 is 5.91 Å². The first-order valence-electron chi connectivity index (χ1n) is 11.5. The van der Waals surface area contributed by atoms with E-state index in [9.17, 15) is 4.79 Å². The fourth-order valence-corrected chi connectivity index (χ4v) is 4.15. The molecule has 2 aliphatic rings. The second-order valence-electron chi connectivity index (χ2n) is 8.38. The monoisotopic (exact) mass is 468 g/mol. The smallest absolute Gasteiger partial charge is 0.248 e. The molecule has 34 heavy (non-hydrogen) atoms. The summed E-state index contributed by atoms with van der Waals surface area (Å²) in [4.78, 5) is 21.0. The van der Waals surface area contributed by atoms with Crippen molar-refractivity contribution in [1.82, 2.24) is 9.88 Å². The summed E-state index contributed by atoms with van der Waals surface area (Å²) in [5.74, 6) is 5.81. The van der Waals surface area contributed by atoms with Crippen LogP contribution in [0.15, 0.2) is 35.4 Å². The van der Waals surface area contributed by atoms with Gasteiger partial charge in [0.2, 0.25) is 11.8 Å². The van der Waals surface area contributed by atoms with Gasteiger partial charge >= 0.3 is 0 Å². The highest BCUT2D eigenvalue weighted by molar-refractivity contribution is 6.13. The fourth-order valence-electron chi connectivity index (χ4n) is 4.15. The van der Waals surface area contributed by atoms with Gasteiger partial charge < -0.3 is 30.7 Å². The number of hydrogen-bond donors (Lipinski definition) is 2. The van der Waals surface area contributed by atoms with Gasteiger partial charge in [-0.2, -0.15) is 5.10 Å². The molecular weight excluding hydrogens is 436 g/mol. The van der Waals surface area contributed by atoms with Crippen LogP contribution in [0.2, 0.25) is 0 Å². The molecule has 2 aromatic rings. The van der Waals surface area contributed by atoms with Crippen LogP contribution in [-0.4, -0.2) is 87.3 Å². The van der Waals surface area contributed by atoms with Crippen molar-refractivity contribution in [3.05, 3.63) is 52.7 Å². The van der Waals surface area contributed by atoms with E-state index in [-0.39, 0.29) is 0 Å². The van der Waals surface area contributed by atoms with Gasteiger partial charge in [0.1, 0.15) is 12.3 Å². The minimum absolute atomic E-state index is 0.391. The zero-order valence-electron chi connectivity index (χ0n) is 19.5. The van der Waals surface area contributed by atoms with Gasteiger partial charge in [0.15, 0.2) is 0 Å². The summed E-state index contributed by atoms with van der Waals surface area (Å²) in [5.41, 5.74) is 9.43. The van der Waals surface area contributed by atoms with Crippen molar-refractivity contribution in [2.24, 2.45) is 16.7 Å². The Kier molecular flexibility index (Phi) is 7.94. The molecule has 10 heteroatoms. The molecule has 4 N–H and O–H groups in total. The first kappa shape index (κ1) is 23.9. The van der Waals surface area contributed by atoms with Crippen LogP contribution in [0.25, 0.3) is 0 Å². The van der Waals surface area contributed by atoms with Crippen LogP contribution in [0, 0.1) is 6.92 Å². The highest BCUT2D eigenvalue weighted by Gasteiger charge is 2.19. The number of hydrogen-bond acceptors (Lipinski definition) is 9. The van der Waals surface area contributed by atoms with Crippen LogP contribution in [0.1, 0.15) is 27.2 Å². The van der Waals surface area contributed by atoms with E-state index in [0.717, 1.165) is 57.2 Å². The Balaban J connectivity index is 1.62. The number of aromatic nitrogens is 1. The lowest BCUT2D eigenvalue weighted by molar-refractivity contribution is 0.0320. The van der Waals surface area contributed by atoms with E-state index in [4.69, 9.17) is 30.8 Å². The first-order valence-corrected chi connectivity index (χ1v) is 11.5. The standard InChI is InChI=1S/C24H32N6O4/c1-17-12-18(14-19(13-17)24(25)31)23(28-26)21-15-20(30-5-9-33-10-6-30)16-22(27-21)34-11-4-29-2-7-32-8-3-29/h12-16H,2-11,26H2,1H3,(H2,25,31)/b28-23-. The van der Waals surface area contributed by atoms with Gasteiger partial charge in [0.05, 0.1) is 32.1 Å². The zero-order valence-corrected chi connectivity index (χ0v) is 19.5. The number of nitrogens with zero attached hydrogens (tertiary/aromatic N) is 4. The maximum atomic E-state index is 11.8. The zero-order chi connectivity index (χ0) is 23.9. The molecule has 1 aromatic carbocycles. The Morgan fingerprint density at radius 3 is 2.38 bits per heavy atom. The summed E-state index contributed by atoms with van der Waals surface area (Å²) < 4.78 is 17.0. The number of nitrogens with two attached hydrogens (primary N) is 2. The number of anilines is 1. The molecule has 2 fully saturated rings. The minimum atomic E-state index is -0.511. The molecule has 0 radical (unpaired) electrons. The lowest BCUT2D eigenvalue weighted by Crippen LogP contribution is -2.38. The Morgan fingerprint density at radius 1 is 1.03 bits per heavy atom. The number of ether oxygens (including phenoxy) is 3. The number of morpholine rings is 2.